The van der Waals surface area contributed by atoms with Crippen molar-refractivity contribution >= 4 is 0 Å². The topological polar surface area (TPSA) is 29.5 Å². The van der Waals surface area contributed by atoms with Crippen LogP contribution in [-0.4, -0.2) is 89.8 Å². The fourth-order valence-corrected chi connectivity index (χ4v) is 0.665. The summed E-state index contributed by atoms with van der Waals surface area (Å²) in [5.41, 5.74) is 0. The van der Waals surface area contributed by atoms with E-state index in [4.69, 9.17) is 9.84 Å². The van der Waals surface area contributed by atoms with E-state index < -0.39 is 0 Å². The molecule has 0 saturated carbocycles. The summed E-state index contributed by atoms with van der Waals surface area (Å²) < 4.78 is 6.73. The maximum Gasteiger partial charge on any atom is 0.102 e. The highest BCUT2D eigenvalue weighted by Gasteiger charge is 2.03. The number of aliphatic hydroxyl groups is 1. The molecule has 0 aliphatic carbocycles. The SMILES string of the molecule is COCC[N+](C)(C)C.C[N+](C)(C)CCO.[Br-].[Br-]. The summed E-state index contributed by atoms with van der Waals surface area (Å²) in [5.74, 6) is 0. The van der Waals surface area contributed by atoms with E-state index in [0.717, 1.165) is 28.7 Å². The minimum Gasteiger partial charge on any atom is -1.00 e. The number of hydrogen-bond acceptors (Lipinski definition) is 2. The smallest absolute Gasteiger partial charge is 0.102 e. The lowest BCUT2D eigenvalue weighted by Crippen LogP contribution is -3.00. The van der Waals surface area contributed by atoms with E-state index in [1.807, 2.05) is 0 Å². The zero-order valence-corrected chi connectivity index (χ0v) is 15.5. The van der Waals surface area contributed by atoms with Gasteiger partial charge in [-0.25, -0.2) is 0 Å². The maximum absolute atomic E-state index is 8.39. The molecule has 6 heteroatoms. The lowest BCUT2D eigenvalue weighted by molar-refractivity contribution is -0.870. The van der Waals surface area contributed by atoms with Gasteiger partial charge in [0, 0.05) is 7.11 Å². The van der Waals surface area contributed by atoms with E-state index >= 15 is 0 Å². The molecule has 0 heterocycles. The van der Waals surface area contributed by atoms with Gasteiger partial charge in [0.05, 0.1) is 55.5 Å². The first kappa shape index (κ1) is 26.4. The minimum atomic E-state index is 0. The average Bonchev–Trinajstić information content (AvgIpc) is 1.98. The third-order valence-electron chi connectivity index (χ3n) is 1.74. The van der Waals surface area contributed by atoms with Gasteiger partial charge in [0.2, 0.25) is 0 Å². The predicted molar refractivity (Wildman–Crippen MR) is 64.8 cm³/mol. The van der Waals surface area contributed by atoms with Crippen LogP contribution in [0.3, 0.4) is 0 Å². The summed E-state index contributed by atoms with van der Waals surface area (Å²) in [6.07, 6.45) is 0. The van der Waals surface area contributed by atoms with Crippen LogP contribution in [-0.2, 0) is 4.74 Å². The second-order valence-corrected chi connectivity index (χ2v) is 5.74. The van der Waals surface area contributed by atoms with Gasteiger partial charge in [-0.15, -0.1) is 0 Å². The van der Waals surface area contributed by atoms with Crippen LogP contribution in [0.25, 0.3) is 0 Å². The Morgan fingerprint density at radius 2 is 1.18 bits per heavy atom. The maximum atomic E-state index is 8.39. The number of ether oxygens (including phenoxy) is 1. The number of aliphatic hydroxyl groups excluding tert-OH is 1. The summed E-state index contributed by atoms with van der Waals surface area (Å²) in [4.78, 5) is 0. The van der Waals surface area contributed by atoms with Crippen LogP contribution >= 0.6 is 0 Å². The Labute approximate surface area is 128 Å². The average molecular weight is 382 g/mol. The van der Waals surface area contributed by atoms with E-state index in [1.165, 1.54) is 0 Å². The van der Waals surface area contributed by atoms with Crippen molar-refractivity contribution in [2.45, 2.75) is 0 Å². The molecule has 0 unspecified atom stereocenters. The summed E-state index contributed by atoms with van der Waals surface area (Å²) in [6.45, 7) is 3.05. The lowest BCUT2D eigenvalue weighted by atomic mass is 10.5. The number of hydrogen-bond donors (Lipinski definition) is 1. The second-order valence-electron chi connectivity index (χ2n) is 5.74. The molecule has 17 heavy (non-hydrogen) atoms. The zero-order valence-electron chi connectivity index (χ0n) is 12.3. The van der Waals surface area contributed by atoms with Crippen molar-refractivity contribution in [3.63, 3.8) is 0 Å². The Hall–Kier alpha value is 0.800. The van der Waals surface area contributed by atoms with Gasteiger partial charge >= 0.3 is 0 Å². The van der Waals surface area contributed by atoms with Gasteiger partial charge in [0.15, 0.2) is 0 Å². The van der Waals surface area contributed by atoms with Gasteiger partial charge in [-0.3, -0.25) is 0 Å². The standard InChI is InChI=1S/C6H16NO.C5H14NO.2BrH/c1-7(2,3)5-6-8-4;1-6(2,3)4-5-7;;/h5-6H2,1-4H3;7H,4-5H2,1-3H3;2*1H/q2*+1;;/p-2. The zero-order chi connectivity index (χ0) is 12.5. The van der Waals surface area contributed by atoms with Crippen LogP contribution in [0.1, 0.15) is 0 Å². The van der Waals surface area contributed by atoms with Crippen molar-refractivity contribution in [2.24, 2.45) is 0 Å². The highest BCUT2D eigenvalue weighted by Crippen LogP contribution is 1.87. The Morgan fingerprint density at radius 1 is 0.824 bits per heavy atom. The molecule has 0 aliphatic rings. The molecular weight excluding hydrogens is 352 g/mol. The molecule has 4 nitrogen and oxygen atoms in total. The molecule has 0 radical (unpaired) electrons. The summed E-state index contributed by atoms with van der Waals surface area (Å²) in [5, 5.41) is 8.39. The number of nitrogens with zero attached hydrogens (tertiary/aromatic N) is 2. The van der Waals surface area contributed by atoms with Gasteiger partial charge < -0.3 is 52.8 Å². The Bertz CT molecular complexity index is 145. The highest BCUT2D eigenvalue weighted by atomic mass is 79.9. The van der Waals surface area contributed by atoms with Crippen LogP contribution in [0.5, 0.6) is 0 Å². The summed E-state index contributed by atoms with van der Waals surface area (Å²) in [7, 11) is 14.3. The molecule has 0 aromatic carbocycles. The van der Waals surface area contributed by atoms with Crippen molar-refractivity contribution in [1.82, 2.24) is 0 Å². The van der Waals surface area contributed by atoms with E-state index in [2.05, 4.69) is 42.3 Å². The largest absolute Gasteiger partial charge is 1.00 e. The van der Waals surface area contributed by atoms with E-state index in [1.54, 1.807) is 7.11 Å². The van der Waals surface area contributed by atoms with E-state index in [9.17, 15) is 0 Å². The number of rotatable bonds is 5. The Kier molecular flexibility index (Phi) is 20.5. The highest BCUT2D eigenvalue weighted by molar-refractivity contribution is 4.22. The van der Waals surface area contributed by atoms with Gasteiger partial charge in [-0.1, -0.05) is 0 Å². The first-order valence-corrected chi connectivity index (χ1v) is 5.33. The van der Waals surface area contributed by atoms with Gasteiger partial charge in [0.1, 0.15) is 13.1 Å². The van der Waals surface area contributed by atoms with Crippen molar-refractivity contribution in [3.8, 4) is 0 Å². The van der Waals surface area contributed by atoms with Gasteiger partial charge in [-0.2, -0.15) is 0 Å². The fraction of sp³-hybridized carbons (Fsp3) is 1.00. The molecule has 0 bridgehead atoms. The number of halogens is 2. The second kappa shape index (κ2) is 13.2. The minimum absolute atomic E-state index is 0. The molecule has 0 aromatic rings. The first-order chi connectivity index (χ1) is 6.62. The van der Waals surface area contributed by atoms with Crippen molar-refractivity contribution in [2.75, 3.05) is 75.7 Å². The van der Waals surface area contributed by atoms with Crippen LogP contribution in [0.2, 0.25) is 0 Å². The van der Waals surface area contributed by atoms with Crippen LogP contribution in [0.15, 0.2) is 0 Å². The van der Waals surface area contributed by atoms with Crippen LogP contribution < -0.4 is 34.0 Å². The molecule has 110 valence electrons. The number of quaternary nitrogens is 2. The van der Waals surface area contributed by atoms with E-state index in [-0.39, 0.29) is 40.6 Å². The molecule has 0 amide bonds. The molecule has 0 aliphatic heterocycles. The lowest BCUT2D eigenvalue weighted by Gasteiger charge is -2.22. The molecule has 0 rings (SSSR count). The first-order valence-electron chi connectivity index (χ1n) is 5.33. The third-order valence-corrected chi connectivity index (χ3v) is 1.74. The molecular formula is C11H30Br2N2O2. The van der Waals surface area contributed by atoms with Crippen molar-refractivity contribution < 1.29 is 52.8 Å². The molecule has 0 fully saturated rings. The Balaban J connectivity index is -0.0000000896. The van der Waals surface area contributed by atoms with Gasteiger partial charge in [-0.05, 0) is 0 Å². The van der Waals surface area contributed by atoms with Crippen LogP contribution in [0.4, 0.5) is 0 Å². The predicted octanol–water partition coefficient (Wildman–Crippen LogP) is -5.97. The number of likely N-dealkylation sites (N-methyl/N-ethyl adjacent to an activating group) is 2. The molecule has 0 spiro atoms. The van der Waals surface area contributed by atoms with Crippen molar-refractivity contribution in [3.05, 3.63) is 0 Å². The number of methoxy groups -OCH3 is 1. The molecule has 0 aromatic heterocycles. The van der Waals surface area contributed by atoms with Crippen LogP contribution in [0, 0.1) is 0 Å². The monoisotopic (exact) mass is 380 g/mol. The molecule has 0 atom stereocenters. The van der Waals surface area contributed by atoms with E-state index in [0.29, 0.717) is 0 Å². The normalized spacial score (nSPS) is 10.6. The van der Waals surface area contributed by atoms with Gasteiger partial charge in [0.25, 0.3) is 0 Å². The molecule has 1 N–H and O–H groups in total. The molecule has 0 saturated heterocycles. The Morgan fingerprint density at radius 3 is 1.24 bits per heavy atom. The quantitative estimate of drug-likeness (QED) is 0.480. The fourth-order valence-electron chi connectivity index (χ4n) is 0.665. The van der Waals surface area contributed by atoms with Crippen molar-refractivity contribution in [1.29, 1.82) is 0 Å². The summed E-state index contributed by atoms with van der Waals surface area (Å²) in [6, 6.07) is 0. The third kappa shape index (κ3) is 38.3. The summed E-state index contributed by atoms with van der Waals surface area (Å²) >= 11 is 0.